The Labute approximate surface area is 110 Å². The Morgan fingerprint density at radius 2 is 2.33 bits per heavy atom. The quantitative estimate of drug-likeness (QED) is 0.319. The summed E-state index contributed by atoms with van der Waals surface area (Å²) in [6, 6.07) is 4.27. The number of thioether (sulfide) groups is 1. The van der Waals surface area contributed by atoms with Crippen LogP contribution in [-0.2, 0) is 6.54 Å². The van der Waals surface area contributed by atoms with Crippen LogP contribution in [0.2, 0.25) is 0 Å². The van der Waals surface area contributed by atoms with E-state index in [0.717, 1.165) is 12.1 Å². The number of nitrogens with two attached hydrogens (primary N) is 1. The molecule has 1 rings (SSSR count). The number of hydrogen-bond acceptors (Lipinski definition) is 4. The predicted molar refractivity (Wildman–Crippen MR) is 73.6 cm³/mol. The summed E-state index contributed by atoms with van der Waals surface area (Å²) in [4.78, 5) is 0. The molecule has 0 fully saturated rings. The highest BCUT2D eigenvalue weighted by atomic mass is 32.2. The Hall–Kier alpha value is -1.27. The lowest BCUT2D eigenvalue weighted by Crippen LogP contribution is -2.24. The molecule has 6 heteroatoms. The van der Waals surface area contributed by atoms with Gasteiger partial charge in [0.25, 0.3) is 0 Å². The van der Waals surface area contributed by atoms with Gasteiger partial charge in [-0.25, -0.2) is 4.39 Å². The molecule has 0 bridgehead atoms. The van der Waals surface area contributed by atoms with Crippen LogP contribution in [0.4, 0.5) is 4.39 Å². The van der Waals surface area contributed by atoms with E-state index in [-0.39, 0.29) is 5.84 Å². The second-order valence-corrected chi connectivity index (χ2v) is 5.24. The summed E-state index contributed by atoms with van der Waals surface area (Å²) in [5.41, 5.74) is 6.75. The maximum atomic E-state index is 13.1. The first-order valence-corrected chi connectivity index (χ1v) is 6.87. The largest absolute Gasteiger partial charge is 0.409 e. The lowest BCUT2D eigenvalue weighted by molar-refractivity contribution is 0.318. The van der Waals surface area contributed by atoms with Crippen LogP contribution in [0.25, 0.3) is 0 Å². The highest BCUT2D eigenvalue weighted by molar-refractivity contribution is 7.99. The summed E-state index contributed by atoms with van der Waals surface area (Å²) >= 11 is 1.77. The second-order valence-electron chi connectivity index (χ2n) is 3.96. The average Bonchev–Trinajstić information content (AvgIpc) is 2.39. The molecular formula is C12H18FN3OS. The number of amidine groups is 1. The first-order chi connectivity index (χ1) is 8.58. The molecule has 0 aliphatic carbocycles. The molecule has 18 heavy (non-hydrogen) atoms. The molecule has 0 aliphatic rings. The van der Waals surface area contributed by atoms with Gasteiger partial charge in [0.05, 0.1) is 0 Å². The minimum Gasteiger partial charge on any atom is -0.409 e. The first-order valence-electron chi connectivity index (χ1n) is 5.58. The molecule has 0 spiro atoms. The molecular weight excluding hydrogens is 253 g/mol. The smallest absolute Gasteiger partial charge is 0.170 e. The van der Waals surface area contributed by atoms with Crippen LogP contribution in [-0.4, -0.2) is 29.1 Å². The third-order valence-electron chi connectivity index (χ3n) is 2.61. The van der Waals surface area contributed by atoms with E-state index >= 15 is 0 Å². The Kier molecular flexibility index (Phi) is 5.94. The monoisotopic (exact) mass is 271 g/mol. The molecule has 0 amide bonds. The summed E-state index contributed by atoms with van der Waals surface area (Å²) < 4.78 is 13.1. The molecule has 4 nitrogen and oxygen atoms in total. The fourth-order valence-electron chi connectivity index (χ4n) is 1.49. The normalized spacial score (nSPS) is 13.6. The zero-order valence-electron chi connectivity index (χ0n) is 10.5. The fraction of sp³-hybridized carbons (Fsp3) is 0.417. The van der Waals surface area contributed by atoms with E-state index in [9.17, 15) is 4.39 Å². The van der Waals surface area contributed by atoms with E-state index in [1.165, 1.54) is 12.1 Å². The highest BCUT2D eigenvalue weighted by Gasteiger charge is 2.09. The topological polar surface area (TPSA) is 70.6 Å². The summed E-state index contributed by atoms with van der Waals surface area (Å²) in [5.74, 6) is -0.484. The maximum Gasteiger partial charge on any atom is 0.170 e. The molecule has 0 radical (unpaired) electrons. The molecule has 1 unspecified atom stereocenters. The van der Waals surface area contributed by atoms with Crippen LogP contribution >= 0.6 is 11.8 Å². The molecule has 1 atom stereocenters. The van der Waals surface area contributed by atoms with E-state index in [1.54, 1.807) is 17.8 Å². The number of halogens is 1. The molecule has 1 aromatic carbocycles. The second kappa shape index (κ2) is 7.23. The minimum atomic E-state index is -0.405. The van der Waals surface area contributed by atoms with Crippen molar-refractivity contribution in [1.82, 2.24) is 5.32 Å². The summed E-state index contributed by atoms with van der Waals surface area (Å²) in [6.07, 6.45) is 2.05. The van der Waals surface area contributed by atoms with Gasteiger partial charge in [0, 0.05) is 23.9 Å². The van der Waals surface area contributed by atoms with Crippen LogP contribution in [0.3, 0.4) is 0 Å². The van der Waals surface area contributed by atoms with Crippen LogP contribution in [0, 0.1) is 5.82 Å². The molecule has 0 saturated carbocycles. The first kappa shape index (κ1) is 14.8. The van der Waals surface area contributed by atoms with Gasteiger partial charge in [-0.2, -0.15) is 11.8 Å². The number of nitrogens with zero attached hydrogens (tertiary/aromatic N) is 1. The summed E-state index contributed by atoms with van der Waals surface area (Å²) in [6.45, 7) is 3.51. The van der Waals surface area contributed by atoms with Crippen LogP contribution < -0.4 is 11.1 Å². The van der Waals surface area contributed by atoms with Crippen molar-refractivity contribution in [3.63, 3.8) is 0 Å². The zero-order valence-corrected chi connectivity index (χ0v) is 11.3. The Morgan fingerprint density at radius 3 is 2.94 bits per heavy atom. The molecule has 0 heterocycles. The molecule has 0 aromatic heterocycles. The van der Waals surface area contributed by atoms with E-state index in [4.69, 9.17) is 10.9 Å². The third kappa shape index (κ3) is 4.19. The van der Waals surface area contributed by atoms with E-state index in [1.807, 2.05) is 6.26 Å². The number of rotatable bonds is 6. The lowest BCUT2D eigenvalue weighted by Gasteiger charge is -2.12. The predicted octanol–water partition coefficient (Wildman–Crippen LogP) is 1.76. The van der Waals surface area contributed by atoms with E-state index in [2.05, 4.69) is 17.4 Å². The lowest BCUT2D eigenvalue weighted by atomic mass is 10.1. The average molecular weight is 271 g/mol. The van der Waals surface area contributed by atoms with E-state index in [0.29, 0.717) is 17.4 Å². The van der Waals surface area contributed by atoms with Gasteiger partial charge in [0.2, 0.25) is 0 Å². The molecule has 0 saturated heterocycles. The molecule has 4 N–H and O–H groups in total. The summed E-state index contributed by atoms with van der Waals surface area (Å²) in [5, 5.41) is 15.3. The van der Waals surface area contributed by atoms with Gasteiger partial charge in [0.1, 0.15) is 5.82 Å². The van der Waals surface area contributed by atoms with Gasteiger partial charge in [-0.05, 0) is 24.0 Å². The Balaban J connectivity index is 2.76. The highest BCUT2D eigenvalue weighted by Crippen LogP contribution is 2.12. The number of hydrogen-bond donors (Lipinski definition) is 3. The standard InChI is InChI=1S/C12H18FN3OS/c1-8(18-2)6-15-7-9-3-4-10(13)5-11(9)12(14)16-17/h3-5,8,15,17H,6-7H2,1-2H3,(H2,14,16). The van der Waals surface area contributed by atoms with Gasteiger partial charge >= 0.3 is 0 Å². The zero-order chi connectivity index (χ0) is 13.5. The van der Waals surface area contributed by atoms with Gasteiger partial charge in [0.15, 0.2) is 5.84 Å². The molecule has 0 aliphatic heterocycles. The van der Waals surface area contributed by atoms with Crippen molar-refractivity contribution in [2.24, 2.45) is 10.9 Å². The van der Waals surface area contributed by atoms with Crippen molar-refractivity contribution >= 4 is 17.6 Å². The van der Waals surface area contributed by atoms with Gasteiger partial charge in [-0.15, -0.1) is 0 Å². The van der Waals surface area contributed by atoms with E-state index < -0.39 is 5.82 Å². The van der Waals surface area contributed by atoms with Crippen LogP contribution in [0.1, 0.15) is 18.1 Å². The Bertz CT molecular complexity index is 426. The van der Waals surface area contributed by atoms with Gasteiger partial charge < -0.3 is 16.3 Å². The maximum absolute atomic E-state index is 13.1. The van der Waals surface area contributed by atoms with Gasteiger partial charge in [-0.3, -0.25) is 0 Å². The van der Waals surface area contributed by atoms with Crippen LogP contribution in [0.15, 0.2) is 23.4 Å². The minimum absolute atomic E-state index is 0.0794. The summed E-state index contributed by atoms with van der Waals surface area (Å²) in [7, 11) is 0. The van der Waals surface area contributed by atoms with Crippen molar-refractivity contribution < 1.29 is 9.60 Å². The molecule has 100 valence electrons. The molecule has 1 aromatic rings. The van der Waals surface area contributed by atoms with Crippen LogP contribution in [0.5, 0.6) is 0 Å². The number of benzene rings is 1. The van der Waals surface area contributed by atoms with Crippen molar-refractivity contribution in [3.05, 3.63) is 35.1 Å². The number of nitrogens with one attached hydrogen (secondary N) is 1. The van der Waals surface area contributed by atoms with Crippen molar-refractivity contribution in [3.8, 4) is 0 Å². The van der Waals surface area contributed by atoms with Crippen molar-refractivity contribution in [1.29, 1.82) is 0 Å². The third-order valence-corrected chi connectivity index (χ3v) is 3.58. The van der Waals surface area contributed by atoms with Crippen molar-refractivity contribution in [2.75, 3.05) is 12.8 Å². The fourth-order valence-corrected chi connectivity index (χ4v) is 1.77. The van der Waals surface area contributed by atoms with Gasteiger partial charge in [-0.1, -0.05) is 18.1 Å². The number of oxime groups is 1. The Morgan fingerprint density at radius 1 is 1.61 bits per heavy atom. The SMILES string of the molecule is CSC(C)CNCc1ccc(F)cc1/C(N)=N/O. The van der Waals surface area contributed by atoms with Crippen molar-refractivity contribution in [2.45, 2.75) is 18.7 Å².